The minimum Gasteiger partial charge on any atom is -0.508 e. The number of phenolic OH excluding ortho intramolecular Hbond substituents is 1. The normalized spacial score (nSPS) is 11.1. The van der Waals surface area contributed by atoms with E-state index in [0.717, 1.165) is 22.9 Å². The van der Waals surface area contributed by atoms with Crippen molar-refractivity contribution in [1.82, 2.24) is 5.32 Å². The fraction of sp³-hybridized carbons (Fsp3) is 0.375. The number of nitrogens with one attached hydrogen (secondary N) is 1. The van der Waals surface area contributed by atoms with Gasteiger partial charge in [-0.15, -0.1) is 0 Å². The third-order valence-corrected chi connectivity index (χ3v) is 3.17. The van der Waals surface area contributed by atoms with Crippen molar-refractivity contribution >= 4 is 10.8 Å². The maximum absolute atomic E-state index is 9.99. The first-order chi connectivity index (χ1) is 9.83. The van der Waals surface area contributed by atoms with Gasteiger partial charge in [-0.1, -0.05) is 30.3 Å². The SMILES string of the molecule is COCCOCCNCc1c(O)ccc2ccccc12. The molecule has 2 aromatic rings. The maximum atomic E-state index is 9.99. The second kappa shape index (κ2) is 7.85. The third kappa shape index (κ3) is 3.93. The summed E-state index contributed by atoms with van der Waals surface area (Å²) >= 11 is 0. The summed E-state index contributed by atoms with van der Waals surface area (Å²) in [7, 11) is 1.66. The van der Waals surface area contributed by atoms with Gasteiger partial charge in [-0.25, -0.2) is 0 Å². The Morgan fingerprint density at radius 1 is 1.05 bits per heavy atom. The Morgan fingerprint density at radius 3 is 2.75 bits per heavy atom. The zero-order valence-corrected chi connectivity index (χ0v) is 11.8. The predicted molar refractivity (Wildman–Crippen MR) is 80.0 cm³/mol. The van der Waals surface area contributed by atoms with Crippen molar-refractivity contribution in [3.63, 3.8) is 0 Å². The van der Waals surface area contributed by atoms with E-state index in [4.69, 9.17) is 9.47 Å². The highest BCUT2D eigenvalue weighted by Crippen LogP contribution is 2.26. The van der Waals surface area contributed by atoms with E-state index in [1.807, 2.05) is 30.3 Å². The van der Waals surface area contributed by atoms with Crippen LogP contribution in [0.1, 0.15) is 5.56 Å². The zero-order valence-electron chi connectivity index (χ0n) is 11.8. The lowest BCUT2D eigenvalue weighted by Gasteiger charge is -2.10. The fourth-order valence-electron chi connectivity index (χ4n) is 2.11. The molecule has 0 saturated carbocycles. The lowest BCUT2D eigenvalue weighted by atomic mass is 10.0. The van der Waals surface area contributed by atoms with Gasteiger partial charge in [0.15, 0.2) is 0 Å². The Labute approximate surface area is 119 Å². The Bertz CT molecular complexity index is 542. The molecule has 2 aromatic carbocycles. The summed E-state index contributed by atoms with van der Waals surface area (Å²) in [6.07, 6.45) is 0. The quantitative estimate of drug-likeness (QED) is 0.726. The molecular formula is C16H21NO3. The third-order valence-electron chi connectivity index (χ3n) is 3.17. The van der Waals surface area contributed by atoms with Crippen LogP contribution in [0, 0.1) is 0 Å². The number of hydrogen-bond donors (Lipinski definition) is 2. The van der Waals surface area contributed by atoms with E-state index < -0.39 is 0 Å². The number of hydrogen-bond acceptors (Lipinski definition) is 4. The number of aromatic hydroxyl groups is 1. The number of rotatable bonds is 8. The first kappa shape index (κ1) is 14.8. The van der Waals surface area contributed by atoms with Crippen molar-refractivity contribution in [2.75, 3.05) is 33.5 Å². The van der Waals surface area contributed by atoms with Crippen molar-refractivity contribution in [2.24, 2.45) is 0 Å². The summed E-state index contributed by atoms with van der Waals surface area (Å²) in [4.78, 5) is 0. The molecule has 4 nitrogen and oxygen atoms in total. The maximum Gasteiger partial charge on any atom is 0.120 e. The van der Waals surface area contributed by atoms with Crippen LogP contribution in [0.5, 0.6) is 5.75 Å². The first-order valence-corrected chi connectivity index (χ1v) is 6.80. The predicted octanol–water partition coefficient (Wildman–Crippen LogP) is 2.30. The van der Waals surface area contributed by atoms with Gasteiger partial charge < -0.3 is 19.9 Å². The molecule has 2 N–H and O–H groups in total. The number of benzene rings is 2. The van der Waals surface area contributed by atoms with E-state index in [2.05, 4.69) is 5.32 Å². The van der Waals surface area contributed by atoms with E-state index >= 15 is 0 Å². The van der Waals surface area contributed by atoms with E-state index in [9.17, 15) is 5.11 Å². The van der Waals surface area contributed by atoms with Crippen molar-refractivity contribution in [2.45, 2.75) is 6.54 Å². The number of methoxy groups -OCH3 is 1. The van der Waals surface area contributed by atoms with Gasteiger partial charge >= 0.3 is 0 Å². The molecule has 0 amide bonds. The molecule has 0 saturated heterocycles. The van der Waals surface area contributed by atoms with Gasteiger partial charge in [0.2, 0.25) is 0 Å². The second-order valence-electron chi connectivity index (χ2n) is 4.57. The van der Waals surface area contributed by atoms with Gasteiger partial charge in [0.05, 0.1) is 19.8 Å². The van der Waals surface area contributed by atoms with Crippen LogP contribution < -0.4 is 5.32 Å². The van der Waals surface area contributed by atoms with Crippen LogP contribution in [0.2, 0.25) is 0 Å². The Morgan fingerprint density at radius 2 is 1.90 bits per heavy atom. The lowest BCUT2D eigenvalue weighted by molar-refractivity contribution is 0.0719. The Kier molecular flexibility index (Phi) is 5.80. The summed E-state index contributed by atoms with van der Waals surface area (Å²) in [5, 5.41) is 15.5. The summed E-state index contributed by atoms with van der Waals surface area (Å²) in [6, 6.07) is 11.7. The summed E-state index contributed by atoms with van der Waals surface area (Å²) in [5.41, 5.74) is 0.931. The van der Waals surface area contributed by atoms with E-state index in [1.165, 1.54) is 0 Å². The molecule has 0 fully saturated rings. The highest BCUT2D eigenvalue weighted by molar-refractivity contribution is 5.87. The van der Waals surface area contributed by atoms with E-state index in [-0.39, 0.29) is 0 Å². The van der Waals surface area contributed by atoms with Crippen molar-refractivity contribution in [1.29, 1.82) is 0 Å². The van der Waals surface area contributed by atoms with Gasteiger partial charge in [0, 0.05) is 25.8 Å². The minimum atomic E-state index is 0.330. The number of fused-ring (bicyclic) bond motifs is 1. The molecule has 2 rings (SSSR count). The highest BCUT2D eigenvalue weighted by Gasteiger charge is 2.05. The molecule has 0 atom stereocenters. The average Bonchev–Trinajstić information content (AvgIpc) is 2.48. The molecule has 0 heterocycles. The number of ether oxygens (including phenoxy) is 2. The van der Waals surface area contributed by atoms with Crippen molar-refractivity contribution < 1.29 is 14.6 Å². The fourth-order valence-corrected chi connectivity index (χ4v) is 2.11. The smallest absolute Gasteiger partial charge is 0.120 e. The van der Waals surface area contributed by atoms with Crippen LogP contribution in [-0.2, 0) is 16.0 Å². The topological polar surface area (TPSA) is 50.7 Å². The Hall–Kier alpha value is -1.62. The van der Waals surface area contributed by atoms with Crippen LogP contribution >= 0.6 is 0 Å². The largest absolute Gasteiger partial charge is 0.508 e. The molecule has 0 aliphatic carbocycles. The molecule has 20 heavy (non-hydrogen) atoms. The second-order valence-corrected chi connectivity index (χ2v) is 4.57. The van der Waals surface area contributed by atoms with Crippen molar-refractivity contribution in [3.8, 4) is 5.75 Å². The van der Waals surface area contributed by atoms with Gasteiger partial charge in [-0.3, -0.25) is 0 Å². The molecular weight excluding hydrogens is 254 g/mol. The molecule has 4 heteroatoms. The standard InChI is InChI=1S/C16H21NO3/c1-19-10-11-20-9-8-17-12-15-14-5-3-2-4-13(14)6-7-16(15)18/h2-7,17-18H,8-12H2,1H3. The van der Waals surface area contributed by atoms with Gasteiger partial charge in [0.25, 0.3) is 0 Å². The molecule has 0 bridgehead atoms. The number of phenols is 1. The molecule has 0 aliphatic heterocycles. The molecule has 0 aliphatic rings. The van der Waals surface area contributed by atoms with Crippen molar-refractivity contribution in [3.05, 3.63) is 42.0 Å². The van der Waals surface area contributed by atoms with Crippen LogP contribution in [0.4, 0.5) is 0 Å². The summed E-state index contributed by atoms with van der Waals surface area (Å²) < 4.78 is 10.3. The van der Waals surface area contributed by atoms with Gasteiger partial charge in [0.1, 0.15) is 5.75 Å². The van der Waals surface area contributed by atoms with Crippen LogP contribution in [0.15, 0.2) is 36.4 Å². The molecule has 0 radical (unpaired) electrons. The van der Waals surface area contributed by atoms with E-state index in [1.54, 1.807) is 13.2 Å². The molecule has 0 aromatic heterocycles. The molecule has 0 spiro atoms. The highest BCUT2D eigenvalue weighted by atomic mass is 16.5. The lowest BCUT2D eigenvalue weighted by Crippen LogP contribution is -2.20. The zero-order chi connectivity index (χ0) is 14.2. The first-order valence-electron chi connectivity index (χ1n) is 6.80. The summed E-state index contributed by atoms with van der Waals surface area (Å²) in [5.74, 6) is 0.330. The average molecular weight is 275 g/mol. The minimum absolute atomic E-state index is 0.330. The van der Waals surface area contributed by atoms with Crippen LogP contribution in [-0.4, -0.2) is 38.6 Å². The summed E-state index contributed by atoms with van der Waals surface area (Å²) in [6.45, 7) is 3.23. The Balaban J connectivity index is 1.88. The van der Waals surface area contributed by atoms with E-state index in [0.29, 0.717) is 32.1 Å². The molecule has 0 unspecified atom stereocenters. The monoisotopic (exact) mass is 275 g/mol. The van der Waals surface area contributed by atoms with Crippen LogP contribution in [0.25, 0.3) is 10.8 Å². The van der Waals surface area contributed by atoms with Gasteiger partial charge in [-0.05, 0) is 16.8 Å². The van der Waals surface area contributed by atoms with Crippen LogP contribution in [0.3, 0.4) is 0 Å². The van der Waals surface area contributed by atoms with Gasteiger partial charge in [-0.2, -0.15) is 0 Å². The molecule has 108 valence electrons.